The number of nitrogens with one attached hydrogen (secondary N) is 1. The zero-order valence-corrected chi connectivity index (χ0v) is 8.03. The minimum atomic E-state index is -0.232. The molecule has 0 saturated carbocycles. The van der Waals surface area contributed by atoms with Gasteiger partial charge in [-0.05, 0) is 29.3 Å². The zero-order chi connectivity index (χ0) is 10.8. The van der Waals surface area contributed by atoms with Crippen molar-refractivity contribution in [3.05, 3.63) is 35.0 Å². The summed E-state index contributed by atoms with van der Waals surface area (Å²) in [7, 11) is 0. The van der Waals surface area contributed by atoms with Crippen LogP contribution in [0.3, 0.4) is 0 Å². The van der Waals surface area contributed by atoms with Crippen molar-refractivity contribution in [1.29, 1.82) is 0 Å². The molecule has 15 heavy (non-hydrogen) atoms. The molecule has 78 valence electrons. The van der Waals surface area contributed by atoms with E-state index in [0.29, 0.717) is 5.56 Å². The van der Waals surface area contributed by atoms with Gasteiger partial charge in [-0.3, -0.25) is 4.79 Å². The second-order valence-electron chi connectivity index (χ2n) is 3.42. The zero-order valence-electron chi connectivity index (χ0n) is 8.03. The Labute approximate surface area is 86.9 Å². The largest absolute Gasteiger partial charge is 0.508 e. The lowest BCUT2D eigenvalue weighted by molar-refractivity contribution is -0.119. The van der Waals surface area contributed by atoms with E-state index < -0.39 is 0 Å². The van der Waals surface area contributed by atoms with Gasteiger partial charge < -0.3 is 15.5 Å². The molecular formula is C11H11NO3. The van der Waals surface area contributed by atoms with Crippen LogP contribution in [-0.2, 0) is 17.8 Å². The molecule has 0 aromatic heterocycles. The molecule has 3 N–H and O–H groups in total. The van der Waals surface area contributed by atoms with E-state index in [-0.39, 0.29) is 24.7 Å². The molecule has 0 radical (unpaired) electrons. The fourth-order valence-corrected chi connectivity index (χ4v) is 1.58. The molecule has 4 heteroatoms. The first-order valence-electron chi connectivity index (χ1n) is 4.62. The van der Waals surface area contributed by atoms with E-state index in [9.17, 15) is 9.90 Å². The summed E-state index contributed by atoms with van der Waals surface area (Å²) in [5.41, 5.74) is 2.04. The van der Waals surface area contributed by atoms with Gasteiger partial charge in [0.05, 0.1) is 13.0 Å². The van der Waals surface area contributed by atoms with Crippen molar-refractivity contribution in [2.75, 3.05) is 0 Å². The maximum absolute atomic E-state index is 11.2. The Kier molecular flexibility index (Phi) is 2.43. The van der Waals surface area contributed by atoms with Gasteiger partial charge in [-0.15, -0.1) is 0 Å². The highest BCUT2D eigenvalue weighted by Crippen LogP contribution is 2.25. The second-order valence-corrected chi connectivity index (χ2v) is 3.42. The quantitative estimate of drug-likeness (QED) is 0.626. The summed E-state index contributed by atoms with van der Waals surface area (Å²) < 4.78 is 0. The summed E-state index contributed by atoms with van der Waals surface area (Å²) >= 11 is 0. The van der Waals surface area contributed by atoms with Crippen molar-refractivity contribution in [2.45, 2.75) is 13.0 Å². The van der Waals surface area contributed by atoms with Crippen molar-refractivity contribution in [2.24, 2.45) is 0 Å². The maximum Gasteiger partial charge on any atom is 0.228 e. The Morgan fingerprint density at radius 2 is 2.20 bits per heavy atom. The monoisotopic (exact) mass is 205 g/mol. The molecule has 4 nitrogen and oxygen atoms in total. The average molecular weight is 205 g/mol. The van der Waals surface area contributed by atoms with E-state index in [4.69, 9.17) is 5.11 Å². The van der Waals surface area contributed by atoms with E-state index in [2.05, 4.69) is 5.32 Å². The fourth-order valence-electron chi connectivity index (χ4n) is 1.58. The molecule has 1 aromatic carbocycles. The molecule has 1 heterocycles. The number of carbonyl (C=O) groups excluding carboxylic acids is 1. The van der Waals surface area contributed by atoms with Gasteiger partial charge in [0.2, 0.25) is 5.91 Å². The van der Waals surface area contributed by atoms with Crippen LogP contribution in [0.2, 0.25) is 0 Å². The molecule has 0 fully saturated rings. The lowest BCUT2D eigenvalue weighted by Crippen LogP contribution is -2.17. The van der Waals surface area contributed by atoms with Gasteiger partial charge in [0.25, 0.3) is 0 Å². The highest BCUT2D eigenvalue weighted by molar-refractivity contribution is 5.83. The molecule has 1 aliphatic rings. The third-order valence-electron chi connectivity index (χ3n) is 2.37. The van der Waals surface area contributed by atoms with Crippen LogP contribution in [0.1, 0.15) is 16.7 Å². The average Bonchev–Trinajstić information content (AvgIpc) is 2.37. The Bertz CT molecular complexity index is 438. The predicted molar refractivity (Wildman–Crippen MR) is 54.9 cm³/mol. The summed E-state index contributed by atoms with van der Waals surface area (Å²) in [4.78, 5) is 11.2. The van der Waals surface area contributed by atoms with Crippen molar-refractivity contribution in [1.82, 2.24) is 5.32 Å². The summed E-state index contributed by atoms with van der Waals surface area (Å²) in [5, 5.41) is 21.1. The van der Waals surface area contributed by atoms with E-state index in [1.165, 1.54) is 0 Å². The molecule has 1 aliphatic heterocycles. The molecule has 0 unspecified atom stereocenters. The molecule has 0 bridgehead atoms. The Balaban J connectivity index is 2.52. The number of benzene rings is 1. The van der Waals surface area contributed by atoms with Crippen LogP contribution in [0.15, 0.2) is 18.3 Å². The molecule has 2 rings (SSSR count). The smallest absolute Gasteiger partial charge is 0.228 e. The van der Waals surface area contributed by atoms with E-state index >= 15 is 0 Å². The lowest BCUT2D eigenvalue weighted by Gasteiger charge is -2.07. The SMILES string of the molecule is O=C1Cc2cc(CO)c(O)cc2C=CN1. The minimum Gasteiger partial charge on any atom is -0.508 e. The Morgan fingerprint density at radius 3 is 2.93 bits per heavy atom. The van der Waals surface area contributed by atoms with Crippen LogP contribution in [0.5, 0.6) is 5.75 Å². The summed E-state index contributed by atoms with van der Waals surface area (Å²) in [5.74, 6) is -0.0465. The van der Waals surface area contributed by atoms with E-state index in [1.807, 2.05) is 0 Å². The maximum atomic E-state index is 11.2. The van der Waals surface area contributed by atoms with Crippen molar-refractivity contribution in [3.8, 4) is 5.75 Å². The Hall–Kier alpha value is -1.81. The van der Waals surface area contributed by atoms with Gasteiger partial charge >= 0.3 is 0 Å². The van der Waals surface area contributed by atoms with Gasteiger partial charge in [0.15, 0.2) is 0 Å². The number of aromatic hydroxyl groups is 1. The van der Waals surface area contributed by atoms with Gasteiger partial charge in [0, 0.05) is 11.8 Å². The molecule has 1 aromatic rings. The summed E-state index contributed by atoms with van der Waals surface area (Å²) in [6.07, 6.45) is 3.53. The number of aliphatic hydroxyl groups is 1. The molecule has 0 aliphatic carbocycles. The highest BCUT2D eigenvalue weighted by atomic mass is 16.3. The number of phenols is 1. The third-order valence-corrected chi connectivity index (χ3v) is 2.37. The first-order valence-corrected chi connectivity index (χ1v) is 4.62. The molecule has 0 spiro atoms. The number of aliphatic hydroxyl groups excluding tert-OH is 1. The molecule has 0 saturated heterocycles. The van der Waals surface area contributed by atoms with Crippen molar-refractivity contribution >= 4 is 12.0 Å². The highest BCUT2D eigenvalue weighted by Gasteiger charge is 2.12. The topological polar surface area (TPSA) is 69.6 Å². The van der Waals surface area contributed by atoms with E-state index in [1.54, 1.807) is 24.4 Å². The normalized spacial score (nSPS) is 14.3. The summed E-state index contributed by atoms with van der Waals surface area (Å²) in [6, 6.07) is 3.21. The second kappa shape index (κ2) is 3.74. The fraction of sp³-hybridized carbons (Fsp3) is 0.182. The Morgan fingerprint density at radius 1 is 1.40 bits per heavy atom. The number of rotatable bonds is 1. The van der Waals surface area contributed by atoms with Crippen molar-refractivity contribution in [3.63, 3.8) is 0 Å². The van der Waals surface area contributed by atoms with Gasteiger partial charge in [-0.1, -0.05) is 0 Å². The van der Waals surface area contributed by atoms with Crippen LogP contribution in [-0.4, -0.2) is 16.1 Å². The van der Waals surface area contributed by atoms with Gasteiger partial charge in [-0.25, -0.2) is 0 Å². The summed E-state index contributed by atoms with van der Waals surface area (Å²) in [6.45, 7) is -0.232. The van der Waals surface area contributed by atoms with Crippen LogP contribution in [0.4, 0.5) is 0 Å². The standard InChI is InChI=1S/C11H11NO3/c13-6-9-3-8-5-11(15)12-2-1-7(8)4-10(9)14/h1-4,13-14H,5-6H2,(H,12,15). The first-order chi connectivity index (χ1) is 7.20. The number of amides is 1. The third kappa shape index (κ3) is 1.85. The predicted octanol–water partition coefficient (Wildman–Crippen LogP) is 0.528. The van der Waals surface area contributed by atoms with Crippen molar-refractivity contribution < 1.29 is 15.0 Å². The number of hydrogen-bond donors (Lipinski definition) is 3. The van der Waals surface area contributed by atoms with Gasteiger partial charge in [0.1, 0.15) is 5.75 Å². The minimum absolute atomic E-state index is 0.0512. The van der Waals surface area contributed by atoms with Crippen LogP contribution in [0.25, 0.3) is 6.08 Å². The van der Waals surface area contributed by atoms with Gasteiger partial charge in [-0.2, -0.15) is 0 Å². The van der Waals surface area contributed by atoms with Crippen LogP contribution < -0.4 is 5.32 Å². The number of hydrogen-bond acceptors (Lipinski definition) is 3. The first kappa shape index (κ1) is 9.73. The number of fused-ring (bicyclic) bond motifs is 1. The molecular weight excluding hydrogens is 194 g/mol. The van der Waals surface area contributed by atoms with Crippen LogP contribution >= 0.6 is 0 Å². The van der Waals surface area contributed by atoms with Crippen LogP contribution in [0, 0.1) is 0 Å². The molecule has 1 amide bonds. The lowest BCUT2D eigenvalue weighted by atomic mass is 10.0. The molecule has 0 atom stereocenters. The number of carbonyl (C=O) groups is 1. The van der Waals surface area contributed by atoms with E-state index in [0.717, 1.165) is 11.1 Å².